The third kappa shape index (κ3) is 4.42. The maximum Gasteiger partial charge on any atom is 0.433 e. The van der Waals surface area contributed by atoms with Crippen LogP contribution in [0, 0.1) is 11.8 Å². The van der Waals surface area contributed by atoms with Crippen LogP contribution in [0.15, 0.2) is 35.1 Å². The summed E-state index contributed by atoms with van der Waals surface area (Å²) < 4.78 is 44.8. The van der Waals surface area contributed by atoms with Gasteiger partial charge in [0, 0.05) is 17.4 Å². The van der Waals surface area contributed by atoms with Gasteiger partial charge in [0.15, 0.2) is 0 Å². The van der Waals surface area contributed by atoms with Crippen LogP contribution in [0.4, 0.5) is 18.9 Å². The fraction of sp³-hybridized carbons (Fsp3) is 0.381. The second-order valence-corrected chi connectivity index (χ2v) is 8.04. The number of hydrogen-bond acceptors (Lipinski definition) is 4. The molecule has 1 aromatic carbocycles. The minimum Gasteiger partial charge on any atom is -0.477 e. The number of nitrogens with one attached hydrogen (secondary N) is 3. The summed E-state index contributed by atoms with van der Waals surface area (Å²) in [6.07, 6.45) is -4.11. The van der Waals surface area contributed by atoms with Crippen LogP contribution in [0.25, 0.3) is 11.0 Å². The van der Waals surface area contributed by atoms with Gasteiger partial charge < -0.3 is 20.0 Å². The van der Waals surface area contributed by atoms with Gasteiger partial charge in [-0.3, -0.25) is 4.79 Å². The molecule has 0 saturated heterocycles. The lowest BCUT2D eigenvalue weighted by Gasteiger charge is -2.15. The van der Waals surface area contributed by atoms with Gasteiger partial charge in [0.05, 0.1) is 23.3 Å². The number of aromatic amines is 2. The van der Waals surface area contributed by atoms with Crippen LogP contribution in [0.2, 0.25) is 0 Å². The van der Waals surface area contributed by atoms with Gasteiger partial charge >= 0.3 is 11.9 Å². The van der Waals surface area contributed by atoms with Gasteiger partial charge in [0.1, 0.15) is 5.69 Å². The number of imidazole rings is 1. The molecule has 3 N–H and O–H groups in total. The number of pyridine rings is 1. The van der Waals surface area contributed by atoms with E-state index in [1.54, 1.807) is 18.2 Å². The highest BCUT2D eigenvalue weighted by atomic mass is 19.4. The predicted molar refractivity (Wildman–Crippen MR) is 108 cm³/mol. The molecule has 10 heteroatoms. The summed E-state index contributed by atoms with van der Waals surface area (Å²) >= 11 is 0. The van der Waals surface area contributed by atoms with Crippen molar-refractivity contribution in [3.05, 3.63) is 52.1 Å². The number of carbonyl (C=O) groups is 1. The van der Waals surface area contributed by atoms with Gasteiger partial charge in [-0.05, 0) is 30.5 Å². The predicted octanol–water partition coefficient (Wildman–Crippen LogP) is 4.05. The molecule has 3 aromatic rings. The smallest absolute Gasteiger partial charge is 0.433 e. The molecule has 7 nitrogen and oxygen atoms in total. The minimum absolute atomic E-state index is 0.0825. The first-order valence-corrected chi connectivity index (χ1v) is 9.86. The number of para-hydroxylation sites is 1. The Balaban J connectivity index is 1.54. The molecule has 0 radical (unpaired) electrons. The summed E-state index contributed by atoms with van der Waals surface area (Å²) in [4.78, 5) is 33.2. The number of anilines is 1. The molecule has 0 aliphatic heterocycles. The van der Waals surface area contributed by atoms with Crippen molar-refractivity contribution in [1.29, 1.82) is 0 Å². The van der Waals surface area contributed by atoms with Crippen molar-refractivity contribution < 1.29 is 22.7 Å². The van der Waals surface area contributed by atoms with Crippen LogP contribution in [-0.2, 0) is 11.0 Å². The minimum atomic E-state index is -4.58. The molecule has 31 heavy (non-hydrogen) atoms. The summed E-state index contributed by atoms with van der Waals surface area (Å²) in [6.45, 7) is 3.98. The van der Waals surface area contributed by atoms with Crippen molar-refractivity contribution in [2.24, 2.45) is 11.8 Å². The Morgan fingerprint density at radius 2 is 2.03 bits per heavy atom. The Labute approximate surface area is 175 Å². The Kier molecular flexibility index (Phi) is 5.24. The quantitative estimate of drug-likeness (QED) is 0.545. The Hall–Kier alpha value is -3.30. The number of nitrogens with zero attached hydrogens (tertiary/aromatic N) is 1. The molecular formula is C21H21F3N4O3. The fourth-order valence-corrected chi connectivity index (χ4v) is 3.47. The van der Waals surface area contributed by atoms with Gasteiger partial charge in [0.25, 0.3) is 0 Å². The zero-order chi connectivity index (χ0) is 22.3. The molecule has 1 aliphatic rings. The number of amides is 1. The molecule has 1 amide bonds. The molecule has 1 aliphatic carbocycles. The molecular weight excluding hydrogens is 413 g/mol. The van der Waals surface area contributed by atoms with E-state index in [1.165, 1.54) is 6.07 Å². The number of ether oxygens (including phenoxy) is 1. The lowest BCUT2D eigenvalue weighted by molar-refractivity contribution is -0.141. The van der Waals surface area contributed by atoms with Crippen molar-refractivity contribution in [2.75, 3.05) is 11.9 Å². The summed E-state index contributed by atoms with van der Waals surface area (Å²) in [5, 5.41) is 2.79. The van der Waals surface area contributed by atoms with Gasteiger partial charge in [0.2, 0.25) is 11.8 Å². The summed E-state index contributed by atoms with van der Waals surface area (Å²) in [5.41, 5.74) is 0.570. The molecule has 164 valence electrons. The highest BCUT2D eigenvalue weighted by Crippen LogP contribution is 2.51. The third-order valence-corrected chi connectivity index (χ3v) is 5.07. The van der Waals surface area contributed by atoms with Gasteiger partial charge in [-0.2, -0.15) is 13.2 Å². The number of benzene rings is 1. The second-order valence-electron chi connectivity index (χ2n) is 8.04. The summed E-state index contributed by atoms with van der Waals surface area (Å²) in [7, 11) is 0. The van der Waals surface area contributed by atoms with Crippen LogP contribution in [0.1, 0.15) is 37.4 Å². The monoisotopic (exact) mass is 434 g/mol. The number of carbonyl (C=O) groups excluding carboxylic acids is 1. The molecule has 2 aromatic heterocycles. The standard InChI is InChI=1S/C21H21F3N4O3/c1-10(2)9-31-19-11(6-7-16(27-19)21(22,23)24)12-8-13(12)18(29)25-14-4-3-5-15-17(14)28-20(30)26-15/h3-7,10,12-13H,8-9H2,1-2H3,(H,25,29)(H2,26,28,30). The lowest BCUT2D eigenvalue weighted by atomic mass is 10.1. The van der Waals surface area contributed by atoms with E-state index in [0.717, 1.165) is 6.07 Å². The average molecular weight is 434 g/mol. The van der Waals surface area contributed by atoms with Crippen molar-refractivity contribution in [3.8, 4) is 5.88 Å². The summed E-state index contributed by atoms with van der Waals surface area (Å²) in [6, 6.07) is 7.32. The largest absolute Gasteiger partial charge is 0.477 e. The molecule has 2 atom stereocenters. The Morgan fingerprint density at radius 1 is 1.26 bits per heavy atom. The SMILES string of the molecule is CC(C)COc1nc(C(F)(F)F)ccc1C1CC1C(=O)Nc1cccc2[nH]c(=O)[nH]c12. The number of halogens is 3. The molecule has 2 unspecified atom stereocenters. The van der Waals surface area contributed by atoms with E-state index in [-0.39, 0.29) is 35.9 Å². The van der Waals surface area contributed by atoms with Crippen molar-refractivity contribution in [3.63, 3.8) is 0 Å². The molecule has 0 spiro atoms. The van der Waals surface area contributed by atoms with Gasteiger partial charge in [-0.1, -0.05) is 26.0 Å². The second kappa shape index (κ2) is 7.75. The van der Waals surface area contributed by atoms with E-state index in [1.807, 2.05) is 13.8 Å². The number of aromatic nitrogens is 3. The highest BCUT2D eigenvalue weighted by molar-refractivity contribution is 6.01. The first-order chi connectivity index (χ1) is 14.6. The maximum absolute atomic E-state index is 13.1. The number of hydrogen-bond donors (Lipinski definition) is 3. The molecule has 1 fully saturated rings. The van der Waals surface area contributed by atoms with Crippen molar-refractivity contribution >= 4 is 22.6 Å². The van der Waals surface area contributed by atoms with Crippen LogP contribution >= 0.6 is 0 Å². The van der Waals surface area contributed by atoms with E-state index in [0.29, 0.717) is 28.7 Å². The van der Waals surface area contributed by atoms with Gasteiger partial charge in [-0.15, -0.1) is 0 Å². The summed E-state index contributed by atoms with van der Waals surface area (Å²) in [5.74, 6) is -0.982. The maximum atomic E-state index is 13.1. The number of alkyl halides is 3. The first-order valence-electron chi connectivity index (χ1n) is 9.86. The van der Waals surface area contributed by atoms with Crippen molar-refractivity contribution in [1.82, 2.24) is 15.0 Å². The van der Waals surface area contributed by atoms with Crippen LogP contribution < -0.4 is 15.7 Å². The number of fused-ring (bicyclic) bond motifs is 1. The molecule has 0 bridgehead atoms. The number of rotatable bonds is 6. The van der Waals surface area contributed by atoms with E-state index in [2.05, 4.69) is 20.3 Å². The lowest BCUT2D eigenvalue weighted by Crippen LogP contribution is -2.16. The Morgan fingerprint density at radius 3 is 2.74 bits per heavy atom. The molecule has 1 saturated carbocycles. The van der Waals surface area contributed by atoms with E-state index < -0.39 is 17.8 Å². The van der Waals surface area contributed by atoms with E-state index in [9.17, 15) is 22.8 Å². The fourth-order valence-electron chi connectivity index (χ4n) is 3.47. The number of H-pyrrole nitrogens is 2. The van der Waals surface area contributed by atoms with Crippen LogP contribution in [0.5, 0.6) is 5.88 Å². The highest BCUT2D eigenvalue weighted by Gasteiger charge is 2.46. The van der Waals surface area contributed by atoms with Gasteiger partial charge in [-0.25, -0.2) is 9.78 Å². The molecule has 2 heterocycles. The zero-order valence-electron chi connectivity index (χ0n) is 16.8. The zero-order valence-corrected chi connectivity index (χ0v) is 16.8. The first kappa shape index (κ1) is 21.0. The van der Waals surface area contributed by atoms with Crippen molar-refractivity contribution in [2.45, 2.75) is 32.4 Å². The van der Waals surface area contributed by atoms with Crippen LogP contribution in [-0.4, -0.2) is 27.5 Å². The Bertz CT molecular complexity index is 1180. The third-order valence-electron chi connectivity index (χ3n) is 5.07. The van der Waals surface area contributed by atoms with Crippen LogP contribution in [0.3, 0.4) is 0 Å². The van der Waals surface area contributed by atoms with E-state index >= 15 is 0 Å². The van der Waals surface area contributed by atoms with E-state index in [4.69, 9.17) is 4.74 Å². The average Bonchev–Trinajstić information content (AvgIpc) is 3.39. The molecule has 4 rings (SSSR count). The topological polar surface area (TPSA) is 99.9 Å². The normalized spacial score (nSPS) is 18.4.